The van der Waals surface area contributed by atoms with Crippen LogP contribution in [-0.2, 0) is 0 Å². The van der Waals surface area contributed by atoms with E-state index in [-0.39, 0.29) is 11.9 Å². The van der Waals surface area contributed by atoms with Gasteiger partial charge in [0.1, 0.15) is 0 Å². The third-order valence-electron chi connectivity index (χ3n) is 2.97. The Morgan fingerprint density at radius 1 is 1.25 bits per heavy atom. The number of hydrogen-bond donors (Lipinski definition) is 1. The molecule has 4 heteroatoms. The standard InChI is InChI=1S/C16H13ClN2O/c1-11(13-5-7-15(17)8-6-13)19-16(20)14-4-2-3-12(9-14)10-18/h2-9,11H,1H3,(H,19,20)/t11-/m1/s1. The Morgan fingerprint density at radius 2 is 1.95 bits per heavy atom. The molecule has 0 heterocycles. The first kappa shape index (κ1) is 14.1. The van der Waals surface area contributed by atoms with Crippen molar-refractivity contribution in [1.29, 1.82) is 5.26 Å². The molecule has 1 N–H and O–H groups in total. The molecule has 2 rings (SSSR count). The second-order valence-corrected chi connectivity index (χ2v) is 4.88. The van der Waals surface area contributed by atoms with E-state index in [1.807, 2.05) is 25.1 Å². The van der Waals surface area contributed by atoms with Gasteiger partial charge in [-0.3, -0.25) is 4.79 Å². The summed E-state index contributed by atoms with van der Waals surface area (Å²) in [6.07, 6.45) is 0. The molecule has 100 valence electrons. The Balaban J connectivity index is 2.11. The summed E-state index contributed by atoms with van der Waals surface area (Å²) in [5.74, 6) is -0.204. The SMILES string of the molecule is C[C@@H](NC(=O)c1cccc(C#N)c1)c1ccc(Cl)cc1. The maximum atomic E-state index is 12.1. The van der Waals surface area contributed by atoms with Crippen molar-refractivity contribution in [1.82, 2.24) is 5.32 Å². The van der Waals surface area contributed by atoms with Crippen molar-refractivity contribution in [3.8, 4) is 6.07 Å². The molecule has 1 amide bonds. The smallest absolute Gasteiger partial charge is 0.251 e. The van der Waals surface area contributed by atoms with Crippen LogP contribution in [0.3, 0.4) is 0 Å². The summed E-state index contributed by atoms with van der Waals surface area (Å²) in [5.41, 5.74) is 1.92. The highest BCUT2D eigenvalue weighted by molar-refractivity contribution is 6.30. The molecule has 0 aliphatic heterocycles. The fourth-order valence-electron chi connectivity index (χ4n) is 1.84. The zero-order chi connectivity index (χ0) is 14.5. The zero-order valence-electron chi connectivity index (χ0n) is 10.9. The Hall–Kier alpha value is -2.31. The van der Waals surface area contributed by atoms with E-state index < -0.39 is 0 Å². The largest absolute Gasteiger partial charge is 0.346 e. The molecule has 0 saturated heterocycles. The average Bonchev–Trinajstić information content (AvgIpc) is 2.47. The normalized spacial score (nSPS) is 11.4. The maximum Gasteiger partial charge on any atom is 0.251 e. The number of nitriles is 1. The fourth-order valence-corrected chi connectivity index (χ4v) is 1.97. The van der Waals surface area contributed by atoms with E-state index >= 15 is 0 Å². The molecule has 0 radical (unpaired) electrons. The van der Waals surface area contributed by atoms with Crippen molar-refractivity contribution in [2.24, 2.45) is 0 Å². The van der Waals surface area contributed by atoms with Crippen molar-refractivity contribution in [2.45, 2.75) is 13.0 Å². The fraction of sp³-hybridized carbons (Fsp3) is 0.125. The van der Waals surface area contributed by atoms with Gasteiger partial charge in [-0.2, -0.15) is 5.26 Å². The number of nitrogens with zero attached hydrogens (tertiary/aromatic N) is 1. The average molecular weight is 285 g/mol. The van der Waals surface area contributed by atoms with Gasteiger partial charge in [-0.1, -0.05) is 29.8 Å². The zero-order valence-corrected chi connectivity index (χ0v) is 11.7. The quantitative estimate of drug-likeness (QED) is 0.934. The van der Waals surface area contributed by atoms with Crippen LogP contribution in [0.1, 0.15) is 34.5 Å². The molecule has 0 unspecified atom stereocenters. The van der Waals surface area contributed by atoms with Crippen LogP contribution in [0.25, 0.3) is 0 Å². The molecule has 1 atom stereocenters. The number of hydrogen-bond acceptors (Lipinski definition) is 2. The van der Waals surface area contributed by atoms with Crippen LogP contribution in [0.2, 0.25) is 5.02 Å². The van der Waals surface area contributed by atoms with Crippen LogP contribution in [0.15, 0.2) is 48.5 Å². The van der Waals surface area contributed by atoms with Crippen LogP contribution >= 0.6 is 11.6 Å². The van der Waals surface area contributed by atoms with E-state index in [4.69, 9.17) is 16.9 Å². The van der Waals surface area contributed by atoms with Gasteiger partial charge in [-0.05, 0) is 42.8 Å². The lowest BCUT2D eigenvalue weighted by atomic mass is 10.1. The summed E-state index contributed by atoms with van der Waals surface area (Å²) in [4.78, 5) is 12.1. The van der Waals surface area contributed by atoms with Crippen LogP contribution in [0.4, 0.5) is 0 Å². The first-order valence-electron chi connectivity index (χ1n) is 6.16. The first-order valence-corrected chi connectivity index (χ1v) is 6.54. The lowest BCUT2D eigenvalue weighted by molar-refractivity contribution is 0.0940. The van der Waals surface area contributed by atoms with Gasteiger partial charge in [-0.15, -0.1) is 0 Å². The second-order valence-electron chi connectivity index (χ2n) is 4.44. The molecule has 0 bridgehead atoms. The van der Waals surface area contributed by atoms with Gasteiger partial charge >= 0.3 is 0 Å². The number of benzene rings is 2. The molecule has 0 aliphatic carbocycles. The van der Waals surface area contributed by atoms with Crippen molar-refractivity contribution in [3.05, 3.63) is 70.2 Å². The van der Waals surface area contributed by atoms with Crippen molar-refractivity contribution in [3.63, 3.8) is 0 Å². The molecular formula is C16H13ClN2O. The molecular weight excluding hydrogens is 272 g/mol. The van der Waals surface area contributed by atoms with E-state index in [0.29, 0.717) is 16.1 Å². The lowest BCUT2D eigenvalue weighted by Crippen LogP contribution is -2.26. The monoisotopic (exact) mass is 284 g/mol. The van der Waals surface area contributed by atoms with Gasteiger partial charge in [0, 0.05) is 10.6 Å². The Bertz CT molecular complexity index is 659. The van der Waals surface area contributed by atoms with Gasteiger partial charge in [0.25, 0.3) is 5.91 Å². The highest BCUT2D eigenvalue weighted by Gasteiger charge is 2.11. The topological polar surface area (TPSA) is 52.9 Å². The third kappa shape index (κ3) is 3.37. The summed E-state index contributed by atoms with van der Waals surface area (Å²) < 4.78 is 0. The molecule has 3 nitrogen and oxygen atoms in total. The second kappa shape index (κ2) is 6.23. The number of carbonyl (C=O) groups is 1. The molecule has 0 aromatic heterocycles. The summed E-state index contributed by atoms with van der Waals surface area (Å²) in [6.45, 7) is 1.90. The number of halogens is 1. The maximum absolute atomic E-state index is 12.1. The minimum atomic E-state index is -0.204. The first-order chi connectivity index (χ1) is 9.60. The van der Waals surface area contributed by atoms with Crippen LogP contribution in [0.5, 0.6) is 0 Å². The Morgan fingerprint density at radius 3 is 2.60 bits per heavy atom. The molecule has 0 saturated carbocycles. The number of carbonyl (C=O) groups excluding carboxylic acids is 1. The molecule has 2 aromatic carbocycles. The van der Waals surface area contributed by atoms with Crippen molar-refractivity contribution in [2.75, 3.05) is 0 Å². The van der Waals surface area contributed by atoms with E-state index in [2.05, 4.69) is 5.32 Å². The van der Waals surface area contributed by atoms with E-state index in [0.717, 1.165) is 5.56 Å². The van der Waals surface area contributed by atoms with Crippen molar-refractivity contribution < 1.29 is 4.79 Å². The van der Waals surface area contributed by atoms with Gasteiger partial charge in [0.2, 0.25) is 0 Å². The summed E-state index contributed by atoms with van der Waals surface area (Å²) in [7, 11) is 0. The van der Waals surface area contributed by atoms with Gasteiger partial charge in [-0.25, -0.2) is 0 Å². The number of rotatable bonds is 3. The highest BCUT2D eigenvalue weighted by Crippen LogP contribution is 2.16. The summed E-state index contributed by atoms with van der Waals surface area (Å²) >= 11 is 5.83. The summed E-state index contributed by atoms with van der Waals surface area (Å²) in [5, 5.41) is 12.4. The lowest BCUT2D eigenvalue weighted by Gasteiger charge is -2.14. The highest BCUT2D eigenvalue weighted by atomic mass is 35.5. The molecule has 0 fully saturated rings. The summed E-state index contributed by atoms with van der Waals surface area (Å²) in [6, 6.07) is 15.8. The number of amides is 1. The molecule has 0 spiro atoms. The van der Waals surface area contributed by atoms with Gasteiger partial charge in [0.05, 0.1) is 17.7 Å². The molecule has 0 aliphatic rings. The van der Waals surface area contributed by atoms with Crippen LogP contribution < -0.4 is 5.32 Å². The minimum Gasteiger partial charge on any atom is -0.346 e. The predicted molar refractivity (Wildman–Crippen MR) is 78.5 cm³/mol. The van der Waals surface area contributed by atoms with Crippen LogP contribution in [-0.4, -0.2) is 5.91 Å². The van der Waals surface area contributed by atoms with Crippen molar-refractivity contribution >= 4 is 17.5 Å². The minimum absolute atomic E-state index is 0.134. The van der Waals surface area contributed by atoms with E-state index in [1.54, 1.807) is 36.4 Å². The van der Waals surface area contributed by atoms with Gasteiger partial charge in [0.15, 0.2) is 0 Å². The Labute approximate surface area is 122 Å². The number of nitrogens with one attached hydrogen (secondary N) is 1. The van der Waals surface area contributed by atoms with E-state index in [1.165, 1.54) is 0 Å². The molecule has 20 heavy (non-hydrogen) atoms. The Kier molecular flexibility index (Phi) is 4.39. The van der Waals surface area contributed by atoms with E-state index in [9.17, 15) is 4.79 Å². The molecule has 2 aromatic rings. The predicted octanol–water partition coefficient (Wildman–Crippen LogP) is 3.70. The van der Waals surface area contributed by atoms with Crippen LogP contribution in [0, 0.1) is 11.3 Å². The third-order valence-corrected chi connectivity index (χ3v) is 3.22. The van der Waals surface area contributed by atoms with Gasteiger partial charge < -0.3 is 5.32 Å².